The SMILES string of the molecule is C#CCN(C)S(=O)(=O)NC(=O)OCC. The van der Waals surface area contributed by atoms with E-state index in [0.29, 0.717) is 0 Å². The van der Waals surface area contributed by atoms with Gasteiger partial charge in [-0.2, -0.15) is 12.7 Å². The second-order valence-corrected chi connectivity index (χ2v) is 4.07. The molecule has 0 fully saturated rings. The lowest BCUT2D eigenvalue weighted by Gasteiger charge is -2.14. The first-order valence-corrected chi connectivity index (χ1v) is 5.22. The summed E-state index contributed by atoms with van der Waals surface area (Å²) in [5.41, 5.74) is 0. The zero-order chi connectivity index (χ0) is 11.2. The second kappa shape index (κ2) is 5.47. The third-order valence-electron chi connectivity index (χ3n) is 1.21. The Balaban J connectivity index is 4.36. The van der Waals surface area contributed by atoms with Crippen LogP contribution in [0.1, 0.15) is 6.92 Å². The van der Waals surface area contributed by atoms with Crippen LogP contribution in [0.2, 0.25) is 0 Å². The van der Waals surface area contributed by atoms with E-state index in [1.54, 1.807) is 11.6 Å². The van der Waals surface area contributed by atoms with Crippen LogP contribution in [0.4, 0.5) is 4.79 Å². The van der Waals surface area contributed by atoms with Crippen molar-refractivity contribution in [1.29, 1.82) is 0 Å². The number of nitrogens with zero attached hydrogens (tertiary/aromatic N) is 1. The molecule has 0 aliphatic rings. The van der Waals surface area contributed by atoms with Crippen molar-refractivity contribution in [3.05, 3.63) is 0 Å². The smallest absolute Gasteiger partial charge is 0.421 e. The molecule has 0 radical (unpaired) electrons. The van der Waals surface area contributed by atoms with E-state index in [1.165, 1.54) is 7.05 Å². The highest BCUT2D eigenvalue weighted by molar-refractivity contribution is 7.87. The van der Waals surface area contributed by atoms with Crippen molar-refractivity contribution in [2.75, 3.05) is 20.2 Å². The fourth-order valence-electron chi connectivity index (χ4n) is 0.557. The van der Waals surface area contributed by atoms with Gasteiger partial charge in [0.2, 0.25) is 0 Å². The topological polar surface area (TPSA) is 75.7 Å². The van der Waals surface area contributed by atoms with Crippen LogP contribution in [-0.2, 0) is 14.9 Å². The Morgan fingerprint density at radius 3 is 2.64 bits per heavy atom. The van der Waals surface area contributed by atoms with Crippen molar-refractivity contribution >= 4 is 16.3 Å². The molecule has 0 heterocycles. The number of hydrogen-bond acceptors (Lipinski definition) is 4. The molecule has 1 amide bonds. The van der Waals surface area contributed by atoms with Crippen molar-refractivity contribution in [3.8, 4) is 12.3 Å². The van der Waals surface area contributed by atoms with Crippen LogP contribution in [0.15, 0.2) is 0 Å². The minimum absolute atomic E-state index is 0.0974. The Kier molecular flexibility index (Phi) is 4.97. The lowest BCUT2D eigenvalue weighted by molar-refractivity contribution is 0.158. The Labute approximate surface area is 83.4 Å². The van der Waals surface area contributed by atoms with E-state index in [9.17, 15) is 13.2 Å². The number of hydrogen-bond donors (Lipinski definition) is 1. The summed E-state index contributed by atoms with van der Waals surface area (Å²) in [6, 6.07) is 0. The van der Waals surface area contributed by atoms with Gasteiger partial charge in [0.15, 0.2) is 0 Å². The maximum Gasteiger partial charge on any atom is 0.421 e. The molecule has 0 aromatic rings. The third-order valence-corrected chi connectivity index (χ3v) is 2.59. The molecule has 0 aliphatic heterocycles. The predicted octanol–water partition coefficient (Wildman–Crippen LogP) is -0.458. The molecule has 0 unspecified atom stereocenters. The molecule has 0 aromatic heterocycles. The van der Waals surface area contributed by atoms with Gasteiger partial charge in [-0.1, -0.05) is 5.92 Å². The number of ether oxygens (including phenoxy) is 1. The van der Waals surface area contributed by atoms with Crippen molar-refractivity contribution in [3.63, 3.8) is 0 Å². The highest BCUT2D eigenvalue weighted by Crippen LogP contribution is 1.92. The van der Waals surface area contributed by atoms with E-state index in [1.807, 2.05) is 0 Å². The summed E-state index contributed by atoms with van der Waals surface area (Å²) >= 11 is 0. The van der Waals surface area contributed by atoms with Gasteiger partial charge in [-0.3, -0.25) is 0 Å². The molecule has 0 aromatic carbocycles. The summed E-state index contributed by atoms with van der Waals surface area (Å²) in [5, 5.41) is 0. The Hall–Kier alpha value is -1.26. The van der Waals surface area contributed by atoms with Gasteiger partial charge in [0.25, 0.3) is 0 Å². The van der Waals surface area contributed by atoms with Gasteiger partial charge in [-0.25, -0.2) is 9.52 Å². The number of rotatable bonds is 4. The van der Waals surface area contributed by atoms with E-state index in [0.717, 1.165) is 4.31 Å². The quantitative estimate of drug-likeness (QED) is 0.651. The van der Waals surface area contributed by atoms with Crippen LogP contribution in [-0.4, -0.2) is 39.0 Å². The molecular weight excluding hydrogens is 208 g/mol. The summed E-state index contributed by atoms with van der Waals surface area (Å²) in [6.45, 7) is 1.55. The average molecular weight is 220 g/mol. The molecule has 0 rings (SSSR count). The van der Waals surface area contributed by atoms with Gasteiger partial charge in [-0.05, 0) is 6.92 Å². The fourth-order valence-corrected chi connectivity index (χ4v) is 1.23. The lowest BCUT2D eigenvalue weighted by Crippen LogP contribution is -2.41. The summed E-state index contributed by atoms with van der Waals surface area (Å²) in [7, 11) is -2.63. The molecule has 0 bridgehead atoms. The Morgan fingerprint density at radius 2 is 2.21 bits per heavy atom. The minimum Gasteiger partial charge on any atom is -0.449 e. The molecule has 0 saturated heterocycles. The number of nitrogens with one attached hydrogen (secondary N) is 1. The zero-order valence-corrected chi connectivity index (χ0v) is 8.80. The van der Waals surface area contributed by atoms with Crippen LogP contribution < -0.4 is 4.72 Å². The average Bonchev–Trinajstić information content (AvgIpc) is 2.03. The van der Waals surface area contributed by atoms with E-state index < -0.39 is 16.3 Å². The largest absolute Gasteiger partial charge is 0.449 e. The number of terminal acetylenes is 1. The van der Waals surface area contributed by atoms with Crippen LogP contribution in [0.5, 0.6) is 0 Å². The molecule has 0 saturated carbocycles. The predicted molar refractivity (Wildman–Crippen MR) is 50.5 cm³/mol. The van der Waals surface area contributed by atoms with Crippen molar-refractivity contribution in [2.24, 2.45) is 0 Å². The van der Waals surface area contributed by atoms with Gasteiger partial charge in [0.1, 0.15) is 0 Å². The standard InChI is InChI=1S/C7H12N2O4S/c1-4-6-9(3)14(11,12)8-7(10)13-5-2/h1H,5-6H2,2-3H3,(H,8,10). The van der Waals surface area contributed by atoms with E-state index >= 15 is 0 Å². The maximum absolute atomic E-state index is 11.2. The molecule has 80 valence electrons. The molecule has 0 atom stereocenters. The van der Waals surface area contributed by atoms with Gasteiger partial charge in [0, 0.05) is 7.05 Å². The molecular formula is C7H12N2O4S. The van der Waals surface area contributed by atoms with Crippen LogP contribution in [0.3, 0.4) is 0 Å². The summed E-state index contributed by atoms with van der Waals surface area (Å²) in [5.74, 6) is 2.13. The van der Waals surface area contributed by atoms with E-state index in [2.05, 4.69) is 10.7 Å². The van der Waals surface area contributed by atoms with Crippen LogP contribution in [0, 0.1) is 12.3 Å². The van der Waals surface area contributed by atoms with Gasteiger partial charge in [0.05, 0.1) is 13.2 Å². The third kappa shape index (κ3) is 4.11. The van der Waals surface area contributed by atoms with Gasteiger partial charge in [-0.15, -0.1) is 6.42 Å². The van der Waals surface area contributed by atoms with Crippen molar-refractivity contribution < 1.29 is 17.9 Å². The van der Waals surface area contributed by atoms with Crippen LogP contribution >= 0.6 is 0 Å². The summed E-state index contributed by atoms with van der Waals surface area (Å²) in [4.78, 5) is 10.8. The summed E-state index contributed by atoms with van der Waals surface area (Å²) < 4.78 is 29.4. The first-order valence-electron chi connectivity index (χ1n) is 3.78. The number of carbonyl (C=O) groups is 1. The highest BCUT2D eigenvalue weighted by Gasteiger charge is 2.19. The molecule has 1 N–H and O–H groups in total. The van der Waals surface area contributed by atoms with Gasteiger partial charge >= 0.3 is 16.3 Å². The summed E-state index contributed by atoms with van der Waals surface area (Å²) in [6.07, 6.45) is 3.90. The Bertz CT molecular complexity index is 330. The molecule has 0 spiro atoms. The maximum atomic E-state index is 11.2. The first-order chi connectivity index (χ1) is 6.44. The molecule has 0 aliphatic carbocycles. The van der Waals surface area contributed by atoms with E-state index in [4.69, 9.17) is 6.42 Å². The Morgan fingerprint density at radius 1 is 1.64 bits per heavy atom. The first kappa shape index (κ1) is 12.7. The van der Waals surface area contributed by atoms with Gasteiger partial charge < -0.3 is 4.74 Å². The molecule has 14 heavy (non-hydrogen) atoms. The van der Waals surface area contributed by atoms with Crippen LogP contribution in [0.25, 0.3) is 0 Å². The second-order valence-electron chi connectivity index (χ2n) is 2.29. The number of carbonyl (C=O) groups excluding carboxylic acids is 1. The normalized spacial score (nSPS) is 10.7. The monoisotopic (exact) mass is 220 g/mol. The van der Waals surface area contributed by atoms with E-state index in [-0.39, 0.29) is 13.2 Å². The zero-order valence-electron chi connectivity index (χ0n) is 7.98. The molecule has 6 nitrogen and oxygen atoms in total. The van der Waals surface area contributed by atoms with Crippen molar-refractivity contribution in [2.45, 2.75) is 6.92 Å². The van der Waals surface area contributed by atoms with Crippen molar-refractivity contribution in [1.82, 2.24) is 9.03 Å². The molecule has 7 heteroatoms. The lowest BCUT2D eigenvalue weighted by atomic mass is 10.7. The highest BCUT2D eigenvalue weighted by atomic mass is 32.2. The number of amides is 1. The fraction of sp³-hybridized carbons (Fsp3) is 0.571. The minimum atomic E-state index is -3.88.